The molecule has 0 saturated heterocycles. The Bertz CT molecular complexity index is 311. The predicted octanol–water partition coefficient (Wildman–Crippen LogP) is 3.62. The van der Waals surface area contributed by atoms with Crippen LogP contribution in [0.3, 0.4) is 0 Å². The minimum Gasteiger partial charge on any atom is -0.245 e. The van der Waals surface area contributed by atoms with Gasteiger partial charge in [-0.25, -0.2) is 19.9 Å². The highest BCUT2D eigenvalue weighted by molar-refractivity contribution is 4.97. The molecule has 4 nitrogen and oxygen atoms in total. The van der Waals surface area contributed by atoms with Gasteiger partial charge in [-0.2, -0.15) is 0 Å². The van der Waals surface area contributed by atoms with Crippen molar-refractivity contribution in [2.45, 2.75) is 41.5 Å². The number of nitrogens with zero attached hydrogens (tertiary/aromatic N) is 4. The van der Waals surface area contributed by atoms with E-state index in [0.29, 0.717) is 0 Å². The second-order valence-electron chi connectivity index (χ2n) is 2.83. The van der Waals surface area contributed by atoms with E-state index < -0.39 is 0 Å². The molecule has 0 aromatic carbocycles. The van der Waals surface area contributed by atoms with Crippen molar-refractivity contribution in [1.82, 2.24) is 19.9 Å². The molecule has 0 atom stereocenters. The van der Waals surface area contributed by atoms with Crippen molar-refractivity contribution in [3.05, 3.63) is 48.6 Å². The zero-order chi connectivity index (χ0) is 14.2. The van der Waals surface area contributed by atoms with Gasteiger partial charge in [0.05, 0.1) is 0 Å². The summed E-state index contributed by atoms with van der Waals surface area (Å²) in [5, 5.41) is 0. The lowest BCUT2D eigenvalue weighted by molar-refractivity contribution is 1.13. The van der Waals surface area contributed by atoms with Gasteiger partial charge < -0.3 is 0 Å². The van der Waals surface area contributed by atoms with Crippen LogP contribution in [0.5, 0.6) is 0 Å². The molecule has 18 heavy (non-hydrogen) atoms. The van der Waals surface area contributed by atoms with Gasteiger partial charge in [-0.3, -0.25) is 0 Å². The van der Waals surface area contributed by atoms with E-state index in [1.54, 1.807) is 24.8 Å². The molecule has 0 N–H and O–H groups in total. The van der Waals surface area contributed by atoms with E-state index in [2.05, 4.69) is 19.9 Å². The fraction of sp³-hybridized carbons (Fsp3) is 0.429. The Morgan fingerprint density at radius 3 is 0.889 bits per heavy atom. The van der Waals surface area contributed by atoms with Gasteiger partial charge in [0.25, 0.3) is 0 Å². The zero-order valence-corrected chi connectivity index (χ0v) is 12.3. The smallest absolute Gasteiger partial charge is 0.115 e. The highest BCUT2D eigenvalue weighted by Crippen LogP contribution is 1.84. The summed E-state index contributed by atoms with van der Waals surface area (Å²) in [7, 11) is 0. The monoisotopic (exact) mass is 248 g/mol. The first-order valence-electron chi connectivity index (χ1n) is 6.22. The first-order valence-corrected chi connectivity index (χ1v) is 6.22. The van der Waals surface area contributed by atoms with E-state index in [9.17, 15) is 0 Å². The minimum atomic E-state index is 1.10. The molecule has 4 heteroatoms. The van der Waals surface area contributed by atoms with E-state index in [-0.39, 0.29) is 0 Å². The Balaban J connectivity index is 0. The van der Waals surface area contributed by atoms with Crippen molar-refractivity contribution >= 4 is 0 Å². The molecule has 0 aliphatic heterocycles. The molecule has 0 radical (unpaired) electrons. The maximum Gasteiger partial charge on any atom is 0.115 e. The van der Waals surface area contributed by atoms with Crippen LogP contribution >= 0.6 is 0 Å². The zero-order valence-electron chi connectivity index (χ0n) is 12.3. The topological polar surface area (TPSA) is 51.6 Å². The Labute approximate surface area is 111 Å². The lowest BCUT2D eigenvalue weighted by atomic mass is 10.4. The summed E-state index contributed by atoms with van der Waals surface area (Å²) in [6.45, 7) is 11.9. The molecule has 2 aromatic rings. The summed E-state index contributed by atoms with van der Waals surface area (Å²) >= 11 is 0. The second kappa shape index (κ2) is 15.2. The van der Waals surface area contributed by atoms with Gasteiger partial charge in [0, 0.05) is 24.8 Å². The van der Waals surface area contributed by atoms with Crippen LogP contribution in [0.4, 0.5) is 0 Å². The largest absolute Gasteiger partial charge is 0.245 e. The maximum atomic E-state index is 3.77. The quantitative estimate of drug-likeness (QED) is 0.714. The SMILES string of the molecule is CC.CC.Cc1cncnc1.Cc1cncnc1. The van der Waals surface area contributed by atoms with Gasteiger partial charge in [0.2, 0.25) is 0 Å². The van der Waals surface area contributed by atoms with Gasteiger partial charge in [-0.15, -0.1) is 0 Å². The average Bonchev–Trinajstić information content (AvgIpc) is 2.46. The first kappa shape index (κ1) is 18.5. The molecule has 0 fully saturated rings. The van der Waals surface area contributed by atoms with E-state index in [0.717, 1.165) is 11.1 Å². The van der Waals surface area contributed by atoms with Crippen molar-refractivity contribution in [2.24, 2.45) is 0 Å². The van der Waals surface area contributed by atoms with E-state index in [1.807, 2.05) is 41.5 Å². The molecule has 0 unspecified atom stereocenters. The molecular weight excluding hydrogens is 224 g/mol. The van der Waals surface area contributed by atoms with Gasteiger partial charge in [-0.05, 0) is 25.0 Å². The lowest BCUT2D eigenvalue weighted by Gasteiger charge is -1.81. The molecule has 0 aliphatic rings. The minimum absolute atomic E-state index is 1.10. The Kier molecular flexibility index (Phi) is 15.6. The average molecular weight is 248 g/mol. The van der Waals surface area contributed by atoms with Crippen LogP contribution in [0.25, 0.3) is 0 Å². The Hall–Kier alpha value is -1.84. The third-order valence-corrected chi connectivity index (χ3v) is 1.38. The summed E-state index contributed by atoms with van der Waals surface area (Å²) in [6.07, 6.45) is 10.1. The number of hydrogen-bond acceptors (Lipinski definition) is 4. The molecule has 100 valence electrons. The fourth-order valence-electron chi connectivity index (χ4n) is 0.747. The first-order chi connectivity index (χ1) is 8.79. The van der Waals surface area contributed by atoms with Crippen LogP contribution in [-0.2, 0) is 0 Å². The van der Waals surface area contributed by atoms with Gasteiger partial charge in [0.1, 0.15) is 12.7 Å². The number of rotatable bonds is 0. The molecule has 2 aromatic heterocycles. The van der Waals surface area contributed by atoms with Crippen LogP contribution in [0.15, 0.2) is 37.4 Å². The molecule has 2 rings (SSSR count). The van der Waals surface area contributed by atoms with E-state index in [4.69, 9.17) is 0 Å². The standard InChI is InChI=1S/2C5H6N2.2C2H6/c2*1-5-2-6-4-7-3-5;2*1-2/h2*2-4H,1H3;2*1-2H3. The van der Waals surface area contributed by atoms with Crippen LogP contribution in [-0.4, -0.2) is 19.9 Å². The third kappa shape index (κ3) is 12.2. The molecule has 0 bridgehead atoms. The molecule has 0 saturated carbocycles. The number of aromatic nitrogens is 4. The van der Waals surface area contributed by atoms with Crippen LogP contribution in [0.2, 0.25) is 0 Å². The summed E-state index contributed by atoms with van der Waals surface area (Å²) in [6, 6.07) is 0. The summed E-state index contributed by atoms with van der Waals surface area (Å²) in [4.78, 5) is 15.1. The summed E-state index contributed by atoms with van der Waals surface area (Å²) in [5.41, 5.74) is 2.20. The van der Waals surface area contributed by atoms with Crippen LogP contribution in [0.1, 0.15) is 38.8 Å². The third-order valence-electron chi connectivity index (χ3n) is 1.38. The lowest BCUT2D eigenvalue weighted by Crippen LogP contribution is -1.75. The molecule has 0 spiro atoms. The normalized spacial score (nSPS) is 7.44. The second-order valence-corrected chi connectivity index (χ2v) is 2.83. The highest BCUT2D eigenvalue weighted by atomic mass is 14.8. The van der Waals surface area contributed by atoms with Gasteiger partial charge in [-0.1, -0.05) is 27.7 Å². The van der Waals surface area contributed by atoms with E-state index in [1.165, 1.54) is 12.7 Å². The van der Waals surface area contributed by atoms with Crippen molar-refractivity contribution in [3.63, 3.8) is 0 Å². The number of hydrogen-bond donors (Lipinski definition) is 0. The van der Waals surface area contributed by atoms with Crippen LogP contribution in [0, 0.1) is 13.8 Å². The van der Waals surface area contributed by atoms with Crippen molar-refractivity contribution in [1.29, 1.82) is 0 Å². The molecular formula is C14H24N4. The Morgan fingerprint density at radius 2 is 0.778 bits per heavy atom. The van der Waals surface area contributed by atoms with Crippen molar-refractivity contribution < 1.29 is 0 Å². The van der Waals surface area contributed by atoms with E-state index >= 15 is 0 Å². The molecule has 0 amide bonds. The Morgan fingerprint density at radius 1 is 0.556 bits per heavy atom. The number of aryl methyl sites for hydroxylation is 2. The van der Waals surface area contributed by atoms with Crippen molar-refractivity contribution in [2.75, 3.05) is 0 Å². The van der Waals surface area contributed by atoms with Gasteiger partial charge >= 0.3 is 0 Å². The van der Waals surface area contributed by atoms with Crippen LogP contribution < -0.4 is 0 Å². The van der Waals surface area contributed by atoms with Crippen molar-refractivity contribution in [3.8, 4) is 0 Å². The maximum absolute atomic E-state index is 3.77. The highest BCUT2D eigenvalue weighted by Gasteiger charge is 1.75. The fourth-order valence-corrected chi connectivity index (χ4v) is 0.747. The predicted molar refractivity (Wildman–Crippen MR) is 76.2 cm³/mol. The van der Waals surface area contributed by atoms with Gasteiger partial charge in [0.15, 0.2) is 0 Å². The molecule has 2 heterocycles. The summed E-state index contributed by atoms with van der Waals surface area (Å²) in [5.74, 6) is 0. The summed E-state index contributed by atoms with van der Waals surface area (Å²) < 4.78 is 0. The molecule has 0 aliphatic carbocycles.